The van der Waals surface area contributed by atoms with Crippen LogP contribution in [0.5, 0.6) is 0 Å². The SMILES string of the molecule is Nc1ccccc1NC(=O)CCCCC(=O)NCc1ccccc1-c1ccc([C@@H]2O[C@H](CSc3ccccc3C(=O)O)C[C@H](c3ccc(CO)cc3)O2)cc1. The summed E-state index contributed by atoms with van der Waals surface area (Å²) in [6.45, 7) is 0.316. The molecule has 3 atom stereocenters. The van der Waals surface area contributed by atoms with Gasteiger partial charge < -0.3 is 36.1 Å². The highest BCUT2D eigenvalue weighted by Gasteiger charge is 2.32. The minimum Gasteiger partial charge on any atom is -0.478 e. The second-order valence-corrected chi connectivity index (χ2v) is 14.4. The second kappa shape index (κ2) is 19.2. The van der Waals surface area contributed by atoms with Crippen molar-refractivity contribution in [2.45, 2.75) is 68.6 Å². The fourth-order valence-electron chi connectivity index (χ4n) is 6.43. The smallest absolute Gasteiger partial charge is 0.336 e. The monoisotopic (exact) mass is 759 g/mol. The lowest BCUT2D eigenvalue weighted by atomic mass is 9.97. The van der Waals surface area contributed by atoms with Gasteiger partial charge in [0.1, 0.15) is 0 Å². The standard InChI is InChI=1S/C44H45N3O7S/c45-37-12-4-5-13-38(37)47-42(50)16-8-7-15-41(49)46-26-33-9-1-2-10-35(33)30-21-23-32(24-22-30)44-53-34(28-55-40-14-6-3-11-36(40)43(51)52)25-39(54-44)31-19-17-29(27-48)18-20-31/h1-6,9-14,17-24,34,39,44,48H,7-8,15-16,25-28,45H2,(H,46,49)(H,47,50)(H,51,52)/t34-,39+,44+/m0/s1. The normalized spacial score (nSPS) is 16.6. The summed E-state index contributed by atoms with van der Waals surface area (Å²) in [5, 5.41) is 25.1. The fraction of sp³-hybridized carbons (Fsp3) is 0.250. The number of nitrogens with one attached hydrogen (secondary N) is 2. The van der Waals surface area contributed by atoms with Gasteiger partial charge in [-0.15, -0.1) is 11.8 Å². The van der Waals surface area contributed by atoms with Crippen LogP contribution in [0, 0.1) is 0 Å². The van der Waals surface area contributed by atoms with Gasteiger partial charge >= 0.3 is 5.97 Å². The molecule has 0 unspecified atom stereocenters. The Balaban J connectivity index is 1.07. The van der Waals surface area contributed by atoms with Crippen LogP contribution in [-0.2, 0) is 32.2 Å². The van der Waals surface area contributed by atoms with E-state index in [1.807, 2.05) is 97.1 Å². The zero-order valence-corrected chi connectivity index (χ0v) is 31.2. The highest BCUT2D eigenvalue weighted by molar-refractivity contribution is 7.99. The average Bonchev–Trinajstić information content (AvgIpc) is 3.22. The third-order valence-electron chi connectivity index (χ3n) is 9.44. The summed E-state index contributed by atoms with van der Waals surface area (Å²) in [5.41, 5.74) is 12.8. The molecule has 0 aromatic heterocycles. The van der Waals surface area contributed by atoms with Crippen molar-refractivity contribution in [3.05, 3.63) is 149 Å². The third-order valence-corrected chi connectivity index (χ3v) is 10.6. The first-order chi connectivity index (χ1) is 26.8. The molecule has 1 fully saturated rings. The van der Waals surface area contributed by atoms with E-state index in [-0.39, 0.29) is 36.2 Å². The maximum atomic E-state index is 12.7. The molecule has 2 amide bonds. The molecule has 1 aliphatic heterocycles. The molecular weight excluding hydrogens is 715 g/mol. The molecule has 6 N–H and O–H groups in total. The zero-order valence-electron chi connectivity index (χ0n) is 30.4. The summed E-state index contributed by atoms with van der Waals surface area (Å²) in [6.07, 6.45) is 1.19. The van der Waals surface area contributed by atoms with Gasteiger partial charge in [-0.05, 0) is 64.9 Å². The minimum absolute atomic E-state index is 0.0460. The number of carboxylic acids is 1. The molecule has 0 spiro atoms. The highest BCUT2D eigenvalue weighted by atomic mass is 32.2. The molecule has 1 saturated heterocycles. The maximum absolute atomic E-state index is 12.7. The van der Waals surface area contributed by atoms with Crippen LogP contribution in [0.3, 0.4) is 0 Å². The van der Waals surface area contributed by atoms with Crippen molar-refractivity contribution >= 4 is 40.9 Å². The summed E-state index contributed by atoms with van der Waals surface area (Å²) < 4.78 is 13.0. The number of para-hydroxylation sites is 2. The molecule has 0 aliphatic carbocycles. The number of unbranched alkanes of at least 4 members (excludes halogenated alkanes) is 1. The number of nitrogens with two attached hydrogens (primary N) is 1. The van der Waals surface area contributed by atoms with Gasteiger partial charge in [0, 0.05) is 42.0 Å². The lowest BCUT2D eigenvalue weighted by Crippen LogP contribution is -2.31. The Morgan fingerprint density at radius 1 is 0.764 bits per heavy atom. The van der Waals surface area contributed by atoms with Gasteiger partial charge in [-0.25, -0.2) is 4.79 Å². The van der Waals surface area contributed by atoms with Crippen molar-refractivity contribution in [3.8, 4) is 11.1 Å². The largest absolute Gasteiger partial charge is 0.478 e. The molecule has 55 heavy (non-hydrogen) atoms. The molecular formula is C44H45N3O7S. The number of anilines is 2. The van der Waals surface area contributed by atoms with Gasteiger partial charge in [0.15, 0.2) is 6.29 Å². The summed E-state index contributed by atoms with van der Waals surface area (Å²) >= 11 is 1.45. The number of hydrogen-bond donors (Lipinski definition) is 5. The van der Waals surface area contributed by atoms with Crippen LogP contribution in [-0.4, -0.2) is 39.9 Å². The predicted octanol–water partition coefficient (Wildman–Crippen LogP) is 8.28. The van der Waals surface area contributed by atoms with Crippen LogP contribution in [0.1, 0.15) is 77.1 Å². The minimum atomic E-state index is -0.968. The maximum Gasteiger partial charge on any atom is 0.336 e. The average molecular weight is 760 g/mol. The van der Waals surface area contributed by atoms with Crippen LogP contribution in [0.15, 0.2) is 126 Å². The molecule has 1 heterocycles. The van der Waals surface area contributed by atoms with Crippen molar-refractivity contribution < 1.29 is 34.1 Å². The van der Waals surface area contributed by atoms with Crippen LogP contribution in [0.4, 0.5) is 11.4 Å². The van der Waals surface area contributed by atoms with Crippen molar-refractivity contribution in [3.63, 3.8) is 0 Å². The molecule has 11 heteroatoms. The first-order valence-electron chi connectivity index (χ1n) is 18.3. The van der Waals surface area contributed by atoms with E-state index in [9.17, 15) is 24.6 Å². The summed E-state index contributed by atoms with van der Waals surface area (Å²) in [6, 6.07) is 37.7. The zero-order chi connectivity index (χ0) is 38.6. The molecule has 10 nitrogen and oxygen atoms in total. The van der Waals surface area contributed by atoms with E-state index in [1.165, 1.54) is 11.8 Å². The molecule has 0 saturated carbocycles. The van der Waals surface area contributed by atoms with Gasteiger partial charge in [0.25, 0.3) is 0 Å². The first-order valence-corrected chi connectivity index (χ1v) is 19.3. The number of thioether (sulfide) groups is 1. The molecule has 1 aliphatic rings. The summed E-state index contributed by atoms with van der Waals surface area (Å²) in [7, 11) is 0. The van der Waals surface area contributed by atoms with E-state index in [0.717, 1.165) is 33.4 Å². The van der Waals surface area contributed by atoms with Crippen LogP contribution in [0.25, 0.3) is 11.1 Å². The van der Waals surface area contributed by atoms with Crippen LogP contribution < -0.4 is 16.4 Å². The summed E-state index contributed by atoms with van der Waals surface area (Å²) in [4.78, 5) is 37.5. The Morgan fingerprint density at radius 3 is 2.18 bits per heavy atom. The van der Waals surface area contributed by atoms with E-state index in [1.54, 1.807) is 24.3 Å². The Labute approximate surface area is 325 Å². The van der Waals surface area contributed by atoms with E-state index in [0.29, 0.717) is 60.7 Å². The second-order valence-electron chi connectivity index (χ2n) is 13.4. The Bertz CT molecular complexity index is 2070. The van der Waals surface area contributed by atoms with Gasteiger partial charge in [-0.1, -0.05) is 97.1 Å². The van der Waals surface area contributed by atoms with Crippen molar-refractivity contribution in [2.24, 2.45) is 0 Å². The number of amides is 2. The van der Waals surface area contributed by atoms with E-state index >= 15 is 0 Å². The van der Waals surface area contributed by atoms with Crippen molar-refractivity contribution in [2.75, 3.05) is 16.8 Å². The Morgan fingerprint density at radius 2 is 1.44 bits per heavy atom. The third kappa shape index (κ3) is 10.8. The number of carbonyl (C=O) groups is 3. The fourth-order valence-corrected chi connectivity index (χ4v) is 7.49. The number of rotatable bonds is 16. The predicted molar refractivity (Wildman–Crippen MR) is 214 cm³/mol. The van der Waals surface area contributed by atoms with E-state index in [2.05, 4.69) is 10.6 Å². The first kappa shape index (κ1) is 39.2. The number of aliphatic hydroxyl groups is 1. The van der Waals surface area contributed by atoms with E-state index in [4.69, 9.17) is 15.2 Å². The number of aromatic carboxylic acids is 1. The Kier molecular flexibility index (Phi) is 13.7. The summed E-state index contributed by atoms with van der Waals surface area (Å²) in [5.74, 6) is -0.648. The number of benzene rings is 5. The van der Waals surface area contributed by atoms with Gasteiger partial charge in [-0.3, -0.25) is 9.59 Å². The number of ether oxygens (including phenoxy) is 2. The number of carbonyl (C=O) groups excluding carboxylic acids is 2. The number of carboxylic acid groups (broad SMARTS) is 1. The van der Waals surface area contributed by atoms with Crippen molar-refractivity contribution in [1.29, 1.82) is 0 Å². The molecule has 284 valence electrons. The van der Waals surface area contributed by atoms with E-state index < -0.39 is 12.3 Å². The van der Waals surface area contributed by atoms with Crippen LogP contribution >= 0.6 is 11.8 Å². The van der Waals surface area contributed by atoms with Crippen molar-refractivity contribution in [1.82, 2.24) is 5.32 Å². The topological polar surface area (TPSA) is 160 Å². The molecule has 5 aromatic rings. The molecule has 5 aromatic carbocycles. The lowest BCUT2D eigenvalue weighted by Gasteiger charge is -2.36. The van der Waals surface area contributed by atoms with Gasteiger partial charge in [0.2, 0.25) is 11.8 Å². The van der Waals surface area contributed by atoms with Crippen LogP contribution in [0.2, 0.25) is 0 Å². The Hall–Kier alpha value is -5.46. The number of nitrogen functional groups attached to an aromatic ring is 1. The molecule has 0 bridgehead atoms. The lowest BCUT2D eigenvalue weighted by molar-refractivity contribution is -0.245. The highest BCUT2D eigenvalue weighted by Crippen LogP contribution is 2.40. The quantitative estimate of drug-likeness (QED) is 0.0379. The number of hydrogen-bond acceptors (Lipinski definition) is 8. The molecule has 0 radical (unpaired) electrons. The molecule has 6 rings (SSSR count). The number of aliphatic hydroxyl groups excluding tert-OH is 1. The van der Waals surface area contributed by atoms with Gasteiger partial charge in [0.05, 0.1) is 35.8 Å². The van der Waals surface area contributed by atoms with Gasteiger partial charge in [-0.2, -0.15) is 0 Å².